The van der Waals surface area contributed by atoms with Crippen molar-refractivity contribution >= 4 is 23.2 Å². The molecule has 0 saturated heterocycles. The molecule has 0 aliphatic heterocycles. The minimum atomic E-state index is -1.13. The second-order valence-corrected chi connectivity index (χ2v) is 3.32. The Morgan fingerprint density at radius 3 is 2.47 bits per heavy atom. The lowest BCUT2D eigenvalue weighted by Gasteiger charge is -2.13. The molecule has 0 aromatic heterocycles. The minimum Gasteiger partial charge on any atom is -0.480 e. The number of carbonyl (C=O) groups is 1. The van der Waals surface area contributed by atoms with E-state index in [1.54, 1.807) is 24.3 Å². The molecule has 1 atom stereocenters. The molecule has 0 amide bonds. The molecule has 0 heterocycles. The van der Waals surface area contributed by atoms with E-state index >= 15 is 0 Å². The molecular formula is C10H11NO3S. The zero-order chi connectivity index (χ0) is 11.3. The van der Waals surface area contributed by atoms with Crippen LogP contribution in [0.1, 0.15) is 5.56 Å². The van der Waals surface area contributed by atoms with Crippen LogP contribution in [0.2, 0.25) is 0 Å². The quantitative estimate of drug-likeness (QED) is 0.647. The van der Waals surface area contributed by atoms with Crippen LogP contribution in [0.15, 0.2) is 30.3 Å². The number of hydrogen-bond acceptors (Lipinski definition) is 3. The topological polar surface area (TPSA) is 69.6 Å². The third-order valence-electron chi connectivity index (χ3n) is 1.82. The number of nitrogens with one attached hydrogen (secondary N) is 1. The van der Waals surface area contributed by atoms with E-state index in [0.29, 0.717) is 4.99 Å². The molecule has 1 aromatic carbocycles. The van der Waals surface area contributed by atoms with Gasteiger partial charge in [0.15, 0.2) is 0 Å². The monoisotopic (exact) mass is 225 g/mol. The summed E-state index contributed by atoms with van der Waals surface area (Å²) >= 11 is 5.00. The summed E-state index contributed by atoms with van der Waals surface area (Å²) in [4.78, 5) is 10.9. The number of aliphatic carboxylic acids is 1. The number of aliphatic hydroxyl groups is 1. The third kappa shape index (κ3) is 3.30. The summed E-state index contributed by atoms with van der Waals surface area (Å²) in [5, 5.41) is 20.0. The maximum Gasteiger partial charge on any atom is 0.328 e. The molecule has 15 heavy (non-hydrogen) atoms. The van der Waals surface area contributed by atoms with Gasteiger partial charge < -0.3 is 15.5 Å². The third-order valence-corrected chi connectivity index (χ3v) is 2.18. The largest absolute Gasteiger partial charge is 0.480 e. The molecule has 0 saturated carbocycles. The smallest absolute Gasteiger partial charge is 0.328 e. The molecular weight excluding hydrogens is 214 g/mol. The Bertz CT molecular complexity index is 353. The molecule has 3 N–H and O–H groups in total. The fourth-order valence-corrected chi connectivity index (χ4v) is 1.29. The van der Waals surface area contributed by atoms with Crippen LogP contribution in [-0.4, -0.2) is 33.8 Å². The number of aliphatic hydroxyl groups excluding tert-OH is 1. The second kappa shape index (κ2) is 5.43. The predicted octanol–water partition coefficient (Wildman–Crippen LogP) is 0.397. The van der Waals surface area contributed by atoms with E-state index < -0.39 is 18.6 Å². The zero-order valence-corrected chi connectivity index (χ0v) is 8.70. The van der Waals surface area contributed by atoms with E-state index in [9.17, 15) is 4.79 Å². The molecule has 0 bridgehead atoms. The van der Waals surface area contributed by atoms with Gasteiger partial charge in [-0.25, -0.2) is 4.79 Å². The van der Waals surface area contributed by atoms with Crippen LogP contribution in [0.3, 0.4) is 0 Å². The zero-order valence-electron chi connectivity index (χ0n) is 7.88. The lowest BCUT2D eigenvalue weighted by Crippen LogP contribution is -2.42. The van der Waals surface area contributed by atoms with Crippen LogP contribution >= 0.6 is 12.2 Å². The van der Waals surface area contributed by atoms with E-state index in [-0.39, 0.29) is 0 Å². The summed E-state index contributed by atoms with van der Waals surface area (Å²) in [6, 6.07) is 7.93. The first-order valence-corrected chi connectivity index (χ1v) is 4.75. The number of hydrogen-bond donors (Lipinski definition) is 3. The van der Waals surface area contributed by atoms with Gasteiger partial charge in [-0.2, -0.15) is 0 Å². The minimum absolute atomic E-state index is 0.317. The van der Waals surface area contributed by atoms with Gasteiger partial charge in [0, 0.05) is 5.56 Å². The van der Waals surface area contributed by atoms with Crippen molar-refractivity contribution < 1.29 is 15.0 Å². The first-order chi connectivity index (χ1) is 7.15. The fourth-order valence-electron chi connectivity index (χ4n) is 1.02. The summed E-state index contributed by atoms with van der Waals surface area (Å²) in [6.07, 6.45) is 0. The second-order valence-electron chi connectivity index (χ2n) is 2.91. The summed E-state index contributed by atoms with van der Waals surface area (Å²) in [5.74, 6) is -1.13. The van der Waals surface area contributed by atoms with Gasteiger partial charge in [0.05, 0.1) is 6.61 Å². The average Bonchev–Trinajstić information content (AvgIpc) is 2.26. The molecule has 0 aliphatic rings. The van der Waals surface area contributed by atoms with Gasteiger partial charge in [-0.15, -0.1) is 0 Å². The highest BCUT2D eigenvalue weighted by molar-refractivity contribution is 7.80. The summed E-state index contributed by atoms with van der Waals surface area (Å²) in [6.45, 7) is -0.498. The van der Waals surface area contributed by atoms with E-state index in [1.807, 2.05) is 6.07 Å². The Kier molecular flexibility index (Phi) is 4.20. The maximum atomic E-state index is 10.6. The lowest BCUT2D eigenvalue weighted by molar-refractivity contribution is -0.139. The molecule has 0 spiro atoms. The Morgan fingerprint density at radius 2 is 2.00 bits per heavy atom. The van der Waals surface area contributed by atoms with Crippen LogP contribution in [0.4, 0.5) is 0 Å². The highest BCUT2D eigenvalue weighted by Crippen LogP contribution is 2.00. The summed E-state index contributed by atoms with van der Waals surface area (Å²) in [7, 11) is 0. The van der Waals surface area contributed by atoms with Crippen molar-refractivity contribution in [2.24, 2.45) is 0 Å². The van der Waals surface area contributed by atoms with Crippen molar-refractivity contribution in [3.8, 4) is 0 Å². The van der Waals surface area contributed by atoms with Gasteiger partial charge in [-0.05, 0) is 0 Å². The van der Waals surface area contributed by atoms with Crippen molar-refractivity contribution in [1.29, 1.82) is 0 Å². The average molecular weight is 225 g/mol. The first kappa shape index (κ1) is 11.6. The van der Waals surface area contributed by atoms with Crippen LogP contribution in [-0.2, 0) is 4.79 Å². The van der Waals surface area contributed by atoms with E-state index in [4.69, 9.17) is 22.4 Å². The SMILES string of the molecule is O=C(O)C(CO)NC(=S)c1ccccc1. The first-order valence-electron chi connectivity index (χ1n) is 4.34. The van der Waals surface area contributed by atoms with Crippen LogP contribution in [0.5, 0.6) is 0 Å². The van der Waals surface area contributed by atoms with Crippen LogP contribution in [0.25, 0.3) is 0 Å². The van der Waals surface area contributed by atoms with Gasteiger partial charge in [-0.1, -0.05) is 42.5 Å². The molecule has 0 aliphatic carbocycles. The van der Waals surface area contributed by atoms with Gasteiger partial charge in [0.25, 0.3) is 0 Å². The van der Waals surface area contributed by atoms with Crippen LogP contribution in [0, 0.1) is 0 Å². The molecule has 1 unspecified atom stereocenters. The van der Waals surface area contributed by atoms with Gasteiger partial charge in [-0.3, -0.25) is 0 Å². The molecule has 4 nitrogen and oxygen atoms in total. The Hall–Kier alpha value is -1.46. The van der Waals surface area contributed by atoms with E-state index in [0.717, 1.165) is 5.56 Å². The molecule has 0 radical (unpaired) electrons. The molecule has 80 valence electrons. The van der Waals surface area contributed by atoms with Gasteiger partial charge in [0.1, 0.15) is 11.0 Å². The molecule has 5 heteroatoms. The number of carboxylic acid groups (broad SMARTS) is 1. The predicted molar refractivity (Wildman–Crippen MR) is 59.8 cm³/mol. The maximum absolute atomic E-state index is 10.6. The summed E-state index contributed by atoms with van der Waals surface area (Å²) < 4.78 is 0. The highest BCUT2D eigenvalue weighted by Gasteiger charge is 2.17. The van der Waals surface area contributed by atoms with Gasteiger partial charge in [0.2, 0.25) is 0 Å². The van der Waals surface area contributed by atoms with Crippen molar-refractivity contribution in [2.75, 3.05) is 6.61 Å². The molecule has 1 rings (SSSR count). The van der Waals surface area contributed by atoms with Crippen molar-refractivity contribution in [2.45, 2.75) is 6.04 Å². The number of thiocarbonyl (C=S) groups is 1. The lowest BCUT2D eigenvalue weighted by atomic mass is 10.2. The molecule has 0 fully saturated rings. The summed E-state index contributed by atoms with van der Waals surface area (Å²) in [5.41, 5.74) is 0.729. The van der Waals surface area contributed by atoms with E-state index in [1.165, 1.54) is 0 Å². The van der Waals surface area contributed by atoms with Crippen molar-refractivity contribution in [3.63, 3.8) is 0 Å². The van der Waals surface area contributed by atoms with Crippen molar-refractivity contribution in [1.82, 2.24) is 5.32 Å². The Morgan fingerprint density at radius 1 is 1.40 bits per heavy atom. The normalized spacial score (nSPS) is 11.8. The Balaban J connectivity index is 2.67. The van der Waals surface area contributed by atoms with E-state index in [2.05, 4.69) is 5.32 Å². The number of benzene rings is 1. The fraction of sp³-hybridized carbons (Fsp3) is 0.200. The Labute approximate surface area is 92.5 Å². The highest BCUT2D eigenvalue weighted by atomic mass is 32.1. The standard InChI is InChI=1S/C10H11NO3S/c12-6-8(10(13)14)11-9(15)7-4-2-1-3-5-7/h1-5,8,12H,6H2,(H,11,15)(H,13,14). The van der Waals surface area contributed by atoms with Crippen molar-refractivity contribution in [3.05, 3.63) is 35.9 Å². The number of carboxylic acids is 1. The molecule has 1 aromatic rings. The van der Waals surface area contributed by atoms with Gasteiger partial charge >= 0.3 is 5.97 Å². The number of rotatable bonds is 4. The van der Waals surface area contributed by atoms with Crippen LogP contribution < -0.4 is 5.32 Å².